The van der Waals surface area contributed by atoms with Crippen molar-refractivity contribution in [1.29, 1.82) is 0 Å². The topological polar surface area (TPSA) is 150 Å². The molecule has 11 heteroatoms. The second-order valence-corrected chi connectivity index (χ2v) is 9.22. The number of esters is 2. The van der Waals surface area contributed by atoms with Crippen molar-refractivity contribution in [2.45, 2.75) is 98.7 Å². The molecular formula is C26H39NO10. The molecule has 0 spiro atoms. The number of nitrogens with two attached hydrogens (primary N) is 1. The summed E-state index contributed by atoms with van der Waals surface area (Å²) in [4.78, 5) is 48.5. The van der Waals surface area contributed by atoms with Crippen molar-refractivity contribution in [1.82, 2.24) is 0 Å². The molecule has 0 aliphatic carbocycles. The first-order valence-electron chi connectivity index (χ1n) is 12.3. The molecule has 0 fully saturated rings. The quantitative estimate of drug-likeness (QED) is 0.236. The van der Waals surface area contributed by atoms with Gasteiger partial charge >= 0.3 is 24.2 Å². The van der Waals surface area contributed by atoms with Crippen LogP contribution in [-0.4, -0.2) is 54.7 Å². The molecule has 11 nitrogen and oxygen atoms in total. The van der Waals surface area contributed by atoms with E-state index in [9.17, 15) is 19.2 Å². The first kappa shape index (κ1) is 31.7. The Morgan fingerprint density at radius 1 is 0.730 bits per heavy atom. The number of hydrogen-bond acceptors (Lipinski definition) is 11. The molecule has 0 saturated carbocycles. The summed E-state index contributed by atoms with van der Waals surface area (Å²) in [5.41, 5.74) is 6.53. The normalized spacial score (nSPS) is 14.2. The summed E-state index contributed by atoms with van der Waals surface area (Å²) < 4.78 is 31.0. The van der Waals surface area contributed by atoms with Crippen LogP contribution in [0.1, 0.15) is 67.4 Å². The standard InChI is InChI=1S/C26H39NO10/c1-9-16(6)23(28)34-17(7)18(8)35-24(29)20(27)12-19-10-11-21(36-25(30)32-14(2)3)22(13-19)37-26(31)33-15(4)5/h10-11,13-18,20H,9,12,27H2,1-8H3/t16?,17?,18-,20-/m0/s1. The van der Waals surface area contributed by atoms with Gasteiger partial charge < -0.3 is 34.2 Å². The highest BCUT2D eigenvalue weighted by atomic mass is 16.7. The van der Waals surface area contributed by atoms with E-state index < -0.39 is 48.7 Å². The van der Waals surface area contributed by atoms with Crippen molar-refractivity contribution in [3.8, 4) is 11.5 Å². The van der Waals surface area contributed by atoms with Crippen LogP contribution in [0.5, 0.6) is 11.5 Å². The molecule has 0 amide bonds. The van der Waals surface area contributed by atoms with Crippen molar-refractivity contribution in [3.05, 3.63) is 23.8 Å². The molecule has 2 unspecified atom stereocenters. The third-order valence-corrected chi connectivity index (χ3v) is 5.10. The summed E-state index contributed by atoms with van der Waals surface area (Å²) in [6.07, 6.45) is -3.59. The molecular weight excluding hydrogens is 486 g/mol. The average molecular weight is 526 g/mol. The fourth-order valence-corrected chi connectivity index (χ4v) is 2.72. The number of carbonyl (C=O) groups excluding carboxylic acids is 4. The fraction of sp³-hybridized carbons (Fsp3) is 0.615. The monoisotopic (exact) mass is 525 g/mol. The van der Waals surface area contributed by atoms with Crippen molar-refractivity contribution in [2.75, 3.05) is 0 Å². The second-order valence-electron chi connectivity index (χ2n) is 9.22. The van der Waals surface area contributed by atoms with Gasteiger partial charge in [0.1, 0.15) is 18.2 Å². The van der Waals surface area contributed by atoms with Crippen LogP contribution in [-0.2, 0) is 35.0 Å². The Labute approximate surface area is 217 Å². The lowest BCUT2D eigenvalue weighted by molar-refractivity contribution is -0.168. The molecule has 0 bridgehead atoms. The Morgan fingerprint density at radius 2 is 1.22 bits per heavy atom. The van der Waals surface area contributed by atoms with Gasteiger partial charge in [-0.1, -0.05) is 19.9 Å². The van der Waals surface area contributed by atoms with Gasteiger partial charge in [0, 0.05) is 0 Å². The molecule has 1 aromatic carbocycles. The summed E-state index contributed by atoms with van der Waals surface area (Å²) >= 11 is 0. The number of rotatable bonds is 12. The molecule has 37 heavy (non-hydrogen) atoms. The zero-order valence-corrected chi connectivity index (χ0v) is 22.8. The highest BCUT2D eigenvalue weighted by Crippen LogP contribution is 2.30. The van der Waals surface area contributed by atoms with Crippen LogP contribution in [0.3, 0.4) is 0 Å². The van der Waals surface area contributed by atoms with Crippen LogP contribution < -0.4 is 15.2 Å². The van der Waals surface area contributed by atoms with Crippen molar-refractivity contribution >= 4 is 24.2 Å². The maximum absolute atomic E-state index is 12.6. The molecule has 0 radical (unpaired) electrons. The van der Waals surface area contributed by atoms with E-state index >= 15 is 0 Å². The molecule has 0 aromatic heterocycles. The van der Waals surface area contributed by atoms with Crippen LogP contribution in [0.15, 0.2) is 18.2 Å². The van der Waals surface area contributed by atoms with Gasteiger partial charge in [0.05, 0.1) is 18.1 Å². The molecule has 0 saturated heterocycles. The first-order chi connectivity index (χ1) is 17.2. The lowest BCUT2D eigenvalue weighted by atomic mass is 10.1. The van der Waals surface area contributed by atoms with E-state index in [1.54, 1.807) is 54.5 Å². The smallest absolute Gasteiger partial charge is 0.459 e. The number of ether oxygens (including phenoxy) is 6. The van der Waals surface area contributed by atoms with Crippen LogP contribution >= 0.6 is 0 Å². The van der Waals surface area contributed by atoms with E-state index in [4.69, 9.17) is 34.2 Å². The van der Waals surface area contributed by atoms with Gasteiger partial charge in [0.15, 0.2) is 11.5 Å². The maximum Gasteiger partial charge on any atom is 0.514 e. The predicted octanol–water partition coefficient (Wildman–Crippen LogP) is 4.31. The zero-order chi connectivity index (χ0) is 28.3. The molecule has 0 heterocycles. The highest BCUT2D eigenvalue weighted by Gasteiger charge is 2.26. The van der Waals surface area contributed by atoms with Crippen LogP contribution in [0.25, 0.3) is 0 Å². The van der Waals surface area contributed by atoms with Gasteiger partial charge in [0.2, 0.25) is 0 Å². The van der Waals surface area contributed by atoms with Crippen molar-refractivity contribution in [2.24, 2.45) is 11.7 Å². The van der Waals surface area contributed by atoms with E-state index in [-0.39, 0.29) is 29.8 Å². The minimum absolute atomic E-state index is 0.0128. The highest BCUT2D eigenvalue weighted by molar-refractivity contribution is 5.76. The number of benzene rings is 1. The van der Waals surface area contributed by atoms with Crippen LogP contribution in [0.2, 0.25) is 0 Å². The fourth-order valence-electron chi connectivity index (χ4n) is 2.72. The van der Waals surface area contributed by atoms with Crippen LogP contribution in [0, 0.1) is 5.92 Å². The third-order valence-electron chi connectivity index (χ3n) is 5.10. The van der Waals surface area contributed by atoms with Gasteiger partial charge in [-0.3, -0.25) is 9.59 Å². The maximum atomic E-state index is 12.6. The van der Waals surface area contributed by atoms with Crippen LogP contribution in [0.4, 0.5) is 9.59 Å². The first-order valence-corrected chi connectivity index (χ1v) is 12.3. The summed E-state index contributed by atoms with van der Waals surface area (Å²) in [7, 11) is 0. The zero-order valence-electron chi connectivity index (χ0n) is 22.8. The van der Waals surface area contributed by atoms with Crippen molar-refractivity contribution in [3.63, 3.8) is 0 Å². The Kier molecular flexibility index (Phi) is 12.9. The van der Waals surface area contributed by atoms with Gasteiger partial charge in [-0.05, 0) is 72.1 Å². The Bertz CT molecular complexity index is 930. The summed E-state index contributed by atoms with van der Waals surface area (Å²) in [5.74, 6) is -1.55. The lowest BCUT2D eigenvalue weighted by Gasteiger charge is -2.23. The van der Waals surface area contributed by atoms with Gasteiger partial charge in [-0.25, -0.2) is 9.59 Å². The number of carbonyl (C=O) groups is 4. The molecule has 0 aliphatic rings. The Balaban J connectivity index is 2.93. The van der Waals surface area contributed by atoms with Gasteiger partial charge in [-0.2, -0.15) is 0 Å². The molecule has 0 aliphatic heterocycles. The van der Waals surface area contributed by atoms with E-state index in [0.717, 1.165) is 0 Å². The molecule has 4 atom stereocenters. The SMILES string of the molecule is CCC(C)C(=O)OC(C)[C@H](C)OC(=O)[C@@H](N)Cc1ccc(OC(=O)OC(C)C)c(OC(=O)OC(C)C)c1. The predicted molar refractivity (Wildman–Crippen MR) is 133 cm³/mol. The largest absolute Gasteiger partial charge is 0.514 e. The molecule has 1 rings (SSSR count). The summed E-state index contributed by atoms with van der Waals surface area (Å²) in [5, 5.41) is 0. The minimum atomic E-state index is -1.08. The van der Waals surface area contributed by atoms with Gasteiger partial charge in [-0.15, -0.1) is 0 Å². The summed E-state index contributed by atoms with van der Waals surface area (Å²) in [6, 6.07) is 3.25. The van der Waals surface area contributed by atoms with E-state index in [1.165, 1.54) is 12.1 Å². The van der Waals surface area contributed by atoms with E-state index in [0.29, 0.717) is 12.0 Å². The summed E-state index contributed by atoms with van der Waals surface area (Å²) in [6.45, 7) is 13.5. The lowest BCUT2D eigenvalue weighted by Crippen LogP contribution is -2.40. The Hall–Kier alpha value is -3.34. The average Bonchev–Trinajstić information content (AvgIpc) is 2.78. The molecule has 208 valence electrons. The third kappa shape index (κ3) is 11.5. The second kappa shape index (κ2) is 15.0. The molecule has 2 N–H and O–H groups in total. The van der Waals surface area contributed by atoms with Crippen molar-refractivity contribution < 1.29 is 47.6 Å². The Morgan fingerprint density at radius 3 is 1.70 bits per heavy atom. The van der Waals surface area contributed by atoms with Gasteiger partial charge in [0.25, 0.3) is 0 Å². The molecule has 1 aromatic rings. The minimum Gasteiger partial charge on any atom is -0.459 e. The van der Waals surface area contributed by atoms with E-state index in [1.807, 2.05) is 6.92 Å². The van der Waals surface area contributed by atoms with E-state index in [2.05, 4.69) is 0 Å². The number of hydrogen-bond donors (Lipinski definition) is 1.